The highest BCUT2D eigenvalue weighted by Crippen LogP contribution is 2.54. The Kier molecular flexibility index (Phi) is 4.39. The molecule has 0 aliphatic heterocycles. The molecule has 2 heteroatoms. The van der Waals surface area contributed by atoms with Crippen LogP contribution in [0.3, 0.4) is 0 Å². The van der Waals surface area contributed by atoms with Crippen molar-refractivity contribution in [3.8, 4) is 0 Å². The number of hydrogen-bond acceptors (Lipinski definition) is 2. The summed E-state index contributed by atoms with van der Waals surface area (Å²) in [6, 6.07) is 0. The van der Waals surface area contributed by atoms with Crippen LogP contribution in [0.1, 0.15) is 33.6 Å². The maximum atomic E-state index is 5.29. The normalized spacial score (nSPS) is 31.1. The van der Waals surface area contributed by atoms with Crippen molar-refractivity contribution in [3.63, 3.8) is 0 Å². The lowest BCUT2D eigenvalue weighted by atomic mass is 10.0. The largest absolute Gasteiger partial charge is 0.384 e. The lowest BCUT2D eigenvalue weighted by Crippen LogP contribution is -2.25. The van der Waals surface area contributed by atoms with Gasteiger partial charge in [-0.1, -0.05) is 20.8 Å². The van der Waals surface area contributed by atoms with E-state index in [9.17, 15) is 0 Å². The molecule has 1 aliphatic rings. The minimum absolute atomic E-state index is 0.513. The minimum atomic E-state index is 0.513. The first-order chi connectivity index (χ1) is 6.64. The third-order valence-corrected chi connectivity index (χ3v) is 3.44. The van der Waals surface area contributed by atoms with Gasteiger partial charge in [-0.25, -0.2) is 0 Å². The van der Waals surface area contributed by atoms with Crippen LogP contribution in [0.5, 0.6) is 0 Å². The fourth-order valence-electron chi connectivity index (χ4n) is 2.27. The van der Waals surface area contributed by atoms with Gasteiger partial charge in [0.15, 0.2) is 0 Å². The smallest absolute Gasteiger partial charge is 0.0521 e. The van der Waals surface area contributed by atoms with Crippen molar-refractivity contribution in [2.24, 2.45) is 17.3 Å². The molecular weight excluding hydrogens is 174 g/mol. The molecule has 0 bridgehead atoms. The molecule has 2 unspecified atom stereocenters. The molecule has 14 heavy (non-hydrogen) atoms. The third-order valence-electron chi connectivity index (χ3n) is 3.44. The zero-order valence-electron chi connectivity index (χ0n) is 10.1. The van der Waals surface area contributed by atoms with E-state index in [1.165, 1.54) is 19.4 Å². The zero-order valence-corrected chi connectivity index (χ0v) is 10.1. The van der Waals surface area contributed by atoms with Crippen LogP contribution in [0.2, 0.25) is 0 Å². The quantitative estimate of drug-likeness (QED) is 0.679. The topological polar surface area (TPSA) is 21.3 Å². The number of rotatable bonds is 7. The van der Waals surface area contributed by atoms with Crippen LogP contribution in [0, 0.1) is 17.3 Å². The van der Waals surface area contributed by atoms with Gasteiger partial charge in [-0.05, 0) is 43.2 Å². The average Bonchev–Trinajstić information content (AvgIpc) is 2.80. The fraction of sp³-hybridized carbons (Fsp3) is 1.00. The highest BCUT2D eigenvalue weighted by atomic mass is 16.5. The lowest BCUT2D eigenvalue weighted by Gasteiger charge is -2.14. The Hall–Kier alpha value is -0.0800. The van der Waals surface area contributed by atoms with Crippen molar-refractivity contribution in [3.05, 3.63) is 0 Å². The van der Waals surface area contributed by atoms with E-state index in [1.54, 1.807) is 0 Å². The monoisotopic (exact) mass is 199 g/mol. The van der Waals surface area contributed by atoms with Crippen molar-refractivity contribution < 1.29 is 4.74 Å². The van der Waals surface area contributed by atoms with Crippen LogP contribution in [-0.2, 0) is 4.74 Å². The Balaban J connectivity index is 2.16. The summed E-state index contributed by atoms with van der Waals surface area (Å²) in [5.74, 6) is 1.61. The summed E-state index contributed by atoms with van der Waals surface area (Å²) >= 11 is 0. The number of methoxy groups -OCH3 is 1. The standard InChI is InChI=1S/C12H25NO/c1-5-12(9-14-4)6-11(12)8-13-7-10(2)3/h10-11,13H,5-9H2,1-4H3. The molecule has 0 spiro atoms. The highest BCUT2D eigenvalue weighted by molar-refractivity contribution is 5.02. The predicted molar refractivity (Wildman–Crippen MR) is 60.4 cm³/mol. The van der Waals surface area contributed by atoms with Crippen molar-refractivity contribution in [1.82, 2.24) is 5.32 Å². The Morgan fingerprint density at radius 3 is 2.71 bits per heavy atom. The van der Waals surface area contributed by atoms with Gasteiger partial charge in [-0.2, -0.15) is 0 Å². The Labute approximate surface area is 88.4 Å². The van der Waals surface area contributed by atoms with Crippen LogP contribution in [0.25, 0.3) is 0 Å². The SMILES string of the molecule is CCC1(COC)CC1CNCC(C)C. The van der Waals surface area contributed by atoms with Crippen LogP contribution < -0.4 is 5.32 Å². The molecule has 1 fully saturated rings. The fourth-order valence-corrected chi connectivity index (χ4v) is 2.27. The van der Waals surface area contributed by atoms with Gasteiger partial charge in [0, 0.05) is 7.11 Å². The van der Waals surface area contributed by atoms with E-state index in [0.29, 0.717) is 5.41 Å². The van der Waals surface area contributed by atoms with Crippen LogP contribution in [0.15, 0.2) is 0 Å². The summed E-state index contributed by atoms with van der Waals surface area (Å²) in [4.78, 5) is 0. The summed E-state index contributed by atoms with van der Waals surface area (Å²) in [6.07, 6.45) is 2.61. The second kappa shape index (κ2) is 5.13. The van der Waals surface area contributed by atoms with E-state index in [1.807, 2.05) is 7.11 Å². The van der Waals surface area contributed by atoms with Crippen LogP contribution >= 0.6 is 0 Å². The zero-order chi connectivity index (χ0) is 10.6. The molecule has 0 aromatic rings. The van der Waals surface area contributed by atoms with Gasteiger partial charge in [-0.3, -0.25) is 0 Å². The average molecular weight is 199 g/mol. The molecule has 0 radical (unpaired) electrons. The van der Waals surface area contributed by atoms with E-state index in [2.05, 4.69) is 26.1 Å². The summed E-state index contributed by atoms with van der Waals surface area (Å²) in [7, 11) is 1.81. The Morgan fingerprint density at radius 2 is 2.21 bits per heavy atom. The highest BCUT2D eigenvalue weighted by Gasteiger charge is 2.51. The number of ether oxygens (including phenoxy) is 1. The van der Waals surface area contributed by atoms with Gasteiger partial charge in [0.1, 0.15) is 0 Å². The van der Waals surface area contributed by atoms with Gasteiger partial charge in [0.05, 0.1) is 6.61 Å². The molecule has 2 atom stereocenters. The Morgan fingerprint density at radius 1 is 1.50 bits per heavy atom. The maximum absolute atomic E-state index is 5.29. The molecule has 1 saturated carbocycles. The van der Waals surface area contributed by atoms with Gasteiger partial charge < -0.3 is 10.1 Å². The summed E-state index contributed by atoms with van der Waals surface area (Å²) in [6.45, 7) is 10.0. The Bertz CT molecular complexity index is 170. The lowest BCUT2D eigenvalue weighted by molar-refractivity contribution is 0.129. The predicted octanol–water partition coefficient (Wildman–Crippen LogP) is 2.29. The molecule has 1 N–H and O–H groups in total. The van der Waals surface area contributed by atoms with E-state index >= 15 is 0 Å². The second-order valence-corrected chi connectivity index (χ2v) is 5.10. The van der Waals surface area contributed by atoms with E-state index in [0.717, 1.165) is 25.0 Å². The van der Waals surface area contributed by atoms with Gasteiger partial charge in [-0.15, -0.1) is 0 Å². The molecule has 0 aromatic heterocycles. The van der Waals surface area contributed by atoms with Crippen molar-refractivity contribution in [2.45, 2.75) is 33.6 Å². The first kappa shape index (κ1) is 12.0. The maximum Gasteiger partial charge on any atom is 0.0521 e. The van der Waals surface area contributed by atoms with E-state index in [4.69, 9.17) is 4.74 Å². The number of hydrogen-bond donors (Lipinski definition) is 1. The molecule has 2 nitrogen and oxygen atoms in total. The molecule has 0 saturated heterocycles. The summed E-state index contributed by atoms with van der Waals surface area (Å²) in [5.41, 5.74) is 0.513. The van der Waals surface area contributed by atoms with Crippen LogP contribution in [0.4, 0.5) is 0 Å². The third kappa shape index (κ3) is 2.96. The van der Waals surface area contributed by atoms with Crippen molar-refractivity contribution in [2.75, 3.05) is 26.8 Å². The molecule has 1 rings (SSSR count). The van der Waals surface area contributed by atoms with E-state index in [-0.39, 0.29) is 0 Å². The summed E-state index contributed by atoms with van der Waals surface area (Å²) < 4.78 is 5.29. The van der Waals surface area contributed by atoms with Gasteiger partial charge in [0.25, 0.3) is 0 Å². The molecule has 1 aliphatic carbocycles. The first-order valence-electron chi connectivity index (χ1n) is 5.84. The summed E-state index contributed by atoms with van der Waals surface area (Å²) in [5, 5.41) is 3.54. The van der Waals surface area contributed by atoms with E-state index < -0.39 is 0 Å². The minimum Gasteiger partial charge on any atom is -0.384 e. The van der Waals surface area contributed by atoms with Crippen molar-refractivity contribution >= 4 is 0 Å². The van der Waals surface area contributed by atoms with Crippen LogP contribution in [-0.4, -0.2) is 26.8 Å². The molecular formula is C12H25NO. The molecule has 0 amide bonds. The molecule has 0 heterocycles. The number of nitrogens with one attached hydrogen (secondary N) is 1. The van der Waals surface area contributed by atoms with Crippen molar-refractivity contribution in [1.29, 1.82) is 0 Å². The first-order valence-corrected chi connectivity index (χ1v) is 5.84. The van der Waals surface area contributed by atoms with Gasteiger partial charge in [0.2, 0.25) is 0 Å². The second-order valence-electron chi connectivity index (χ2n) is 5.10. The molecule has 84 valence electrons. The molecule has 0 aromatic carbocycles. The van der Waals surface area contributed by atoms with Gasteiger partial charge >= 0.3 is 0 Å².